The molecule has 6 nitrogen and oxygen atoms in total. The summed E-state index contributed by atoms with van der Waals surface area (Å²) in [5, 5.41) is 23.3. The van der Waals surface area contributed by atoms with Crippen molar-refractivity contribution in [3.63, 3.8) is 0 Å². The molecule has 32 heavy (non-hydrogen) atoms. The van der Waals surface area contributed by atoms with Crippen LogP contribution in [0.1, 0.15) is 65.4 Å². The van der Waals surface area contributed by atoms with Crippen molar-refractivity contribution in [3.8, 4) is 0 Å². The molecule has 0 aliphatic heterocycles. The molecule has 1 aromatic rings. The first kappa shape index (κ1) is 28.3. The summed E-state index contributed by atoms with van der Waals surface area (Å²) in [6.45, 7) is 7.94. The number of aliphatic hydroxyl groups is 2. The highest BCUT2D eigenvalue weighted by atomic mass is 16.3. The van der Waals surface area contributed by atoms with E-state index in [1.165, 1.54) is 0 Å². The fourth-order valence-electron chi connectivity index (χ4n) is 4.07. The maximum Gasteiger partial charge on any atom is 0.240 e. The Kier molecular flexibility index (Phi) is 12.7. The first-order valence-electron chi connectivity index (χ1n) is 11.9. The van der Waals surface area contributed by atoms with Crippen molar-refractivity contribution in [2.45, 2.75) is 90.5 Å². The molecule has 3 unspecified atom stereocenters. The molecular formula is C26H44N2O4. The van der Waals surface area contributed by atoms with Gasteiger partial charge < -0.3 is 20.4 Å². The van der Waals surface area contributed by atoms with Gasteiger partial charge >= 0.3 is 0 Å². The summed E-state index contributed by atoms with van der Waals surface area (Å²) in [7, 11) is 3.46. The number of carbonyl (C=O) groups is 2. The molecule has 3 N–H and O–H groups in total. The molecule has 5 atom stereocenters. The standard InChI is InChI=1S/C26H44N2O4/c1-18(2)14-23(27-5)26(32)28(6)24(15-19(3)12-13-20(4)29)25(31)17-22(30)16-21-10-8-7-9-11-21/h7-11,18-20,22-24,27,29-30H,12-17H2,1-6H3/t19?,20?,22?,23-,24-/m0/s1. The largest absolute Gasteiger partial charge is 0.393 e. The molecule has 0 fully saturated rings. The van der Waals surface area contributed by atoms with Crippen molar-refractivity contribution >= 4 is 11.7 Å². The Morgan fingerprint density at radius 2 is 1.62 bits per heavy atom. The lowest BCUT2D eigenvalue weighted by Gasteiger charge is -2.33. The molecule has 1 amide bonds. The molecule has 0 bridgehead atoms. The SMILES string of the molecule is CN[C@@H](CC(C)C)C(=O)N(C)[C@@H](CC(C)CCC(C)O)C(=O)CC(O)Cc1ccccc1. The van der Waals surface area contributed by atoms with Gasteiger partial charge in [0.2, 0.25) is 5.91 Å². The topological polar surface area (TPSA) is 89.9 Å². The van der Waals surface area contributed by atoms with Crippen LogP contribution in [0.4, 0.5) is 0 Å². The van der Waals surface area contributed by atoms with E-state index in [1.54, 1.807) is 25.9 Å². The zero-order valence-corrected chi connectivity index (χ0v) is 20.8. The van der Waals surface area contributed by atoms with Gasteiger partial charge in [0.15, 0.2) is 5.78 Å². The molecule has 0 heterocycles. The van der Waals surface area contributed by atoms with Crippen molar-refractivity contribution in [1.82, 2.24) is 10.2 Å². The summed E-state index contributed by atoms with van der Waals surface area (Å²) in [5.74, 6) is 0.294. The summed E-state index contributed by atoms with van der Waals surface area (Å²) >= 11 is 0. The van der Waals surface area contributed by atoms with Gasteiger partial charge in [-0.25, -0.2) is 0 Å². The van der Waals surface area contributed by atoms with E-state index in [1.807, 2.05) is 37.3 Å². The Balaban J connectivity index is 2.94. The van der Waals surface area contributed by atoms with Crippen LogP contribution in [-0.2, 0) is 16.0 Å². The molecule has 6 heteroatoms. The number of amides is 1. The monoisotopic (exact) mass is 448 g/mol. The van der Waals surface area contributed by atoms with E-state index in [-0.39, 0.29) is 30.1 Å². The van der Waals surface area contributed by atoms with Gasteiger partial charge in [-0.3, -0.25) is 9.59 Å². The summed E-state index contributed by atoms with van der Waals surface area (Å²) in [6.07, 6.45) is 1.87. The van der Waals surface area contributed by atoms with Crippen LogP contribution in [0.2, 0.25) is 0 Å². The molecule has 1 rings (SSSR count). The van der Waals surface area contributed by atoms with E-state index in [9.17, 15) is 19.8 Å². The van der Waals surface area contributed by atoms with Crippen molar-refractivity contribution in [2.75, 3.05) is 14.1 Å². The van der Waals surface area contributed by atoms with Gasteiger partial charge in [-0.05, 0) is 63.5 Å². The van der Waals surface area contributed by atoms with E-state index < -0.39 is 18.2 Å². The lowest BCUT2D eigenvalue weighted by atomic mass is 9.90. The normalized spacial score (nSPS) is 16.3. The lowest BCUT2D eigenvalue weighted by Crippen LogP contribution is -2.51. The maximum absolute atomic E-state index is 13.3. The summed E-state index contributed by atoms with van der Waals surface area (Å²) in [6, 6.07) is 8.66. The van der Waals surface area contributed by atoms with Crippen LogP contribution in [0.15, 0.2) is 30.3 Å². The van der Waals surface area contributed by atoms with Crippen molar-refractivity contribution < 1.29 is 19.8 Å². The number of likely N-dealkylation sites (N-methyl/N-ethyl adjacent to an activating group) is 2. The summed E-state index contributed by atoms with van der Waals surface area (Å²) in [4.78, 5) is 28.0. The Bertz CT molecular complexity index is 678. The molecular weight excluding hydrogens is 404 g/mol. The highest BCUT2D eigenvalue weighted by Gasteiger charge is 2.32. The van der Waals surface area contributed by atoms with Gasteiger partial charge in [0.25, 0.3) is 0 Å². The van der Waals surface area contributed by atoms with E-state index in [4.69, 9.17) is 0 Å². The highest BCUT2D eigenvalue weighted by Crippen LogP contribution is 2.21. The van der Waals surface area contributed by atoms with E-state index in [0.717, 1.165) is 12.0 Å². The minimum Gasteiger partial charge on any atom is -0.393 e. The number of hydrogen-bond acceptors (Lipinski definition) is 5. The summed E-state index contributed by atoms with van der Waals surface area (Å²) < 4.78 is 0. The van der Waals surface area contributed by atoms with Gasteiger partial charge in [0, 0.05) is 13.5 Å². The second-order valence-corrected chi connectivity index (χ2v) is 9.72. The number of ketones is 1. The summed E-state index contributed by atoms with van der Waals surface area (Å²) in [5.41, 5.74) is 0.978. The van der Waals surface area contributed by atoms with Crippen LogP contribution < -0.4 is 5.32 Å². The molecule has 0 saturated carbocycles. The number of nitrogens with one attached hydrogen (secondary N) is 1. The van der Waals surface area contributed by atoms with Crippen LogP contribution in [0.25, 0.3) is 0 Å². The van der Waals surface area contributed by atoms with Gasteiger partial charge in [0.1, 0.15) is 0 Å². The number of hydrogen-bond donors (Lipinski definition) is 3. The predicted octanol–water partition coefficient (Wildman–Crippen LogP) is 3.20. The van der Waals surface area contributed by atoms with E-state index in [0.29, 0.717) is 31.6 Å². The predicted molar refractivity (Wildman–Crippen MR) is 129 cm³/mol. The number of aliphatic hydroxyl groups excluding tert-OH is 2. The first-order chi connectivity index (χ1) is 15.0. The molecule has 0 aromatic heterocycles. The molecule has 1 aromatic carbocycles. The Labute approximate surface area is 194 Å². The first-order valence-corrected chi connectivity index (χ1v) is 11.9. The fraction of sp³-hybridized carbons (Fsp3) is 0.692. The maximum atomic E-state index is 13.3. The van der Waals surface area contributed by atoms with Crippen LogP contribution in [-0.4, -0.2) is 65.2 Å². The zero-order valence-electron chi connectivity index (χ0n) is 20.8. The Morgan fingerprint density at radius 1 is 1.00 bits per heavy atom. The molecule has 182 valence electrons. The molecule has 0 radical (unpaired) electrons. The van der Waals surface area contributed by atoms with E-state index >= 15 is 0 Å². The molecule has 0 spiro atoms. The van der Waals surface area contributed by atoms with Gasteiger partial charge in [-0.15, -0.1) is 0 Å². The molecule has 0 aliphatic carbocycles. The number of benzene rings is 1. The van der Waals surface area contributed by atoms with Crippen molar-refractivity contribution in [3.05, 3.63) is 35.9 Å². The zero-order chi connectivity index (χ0) is 24.3. The van der Waals surface area contributed by atoms with Crippen LogP contribution in [0, 0.1) is 11.8 Å². The number of carbonyl (C=O) groups excluding carboxylic acids is 2. The molecule has 0 saturated heterocycles. The molecule has 0 aliphatic rings. The average molecular weight is 449 g/mol. The smallest absolute Gasteiger partial charge is 0.240 e. The van der Waals surface area contributed by atoms with Crippen LogP contribution in [0.5, 0.6) is 0 Å². The van der Waals surface area contributed by atoms with Crippen molar-refractivity contribution in [2.24, 2.45) is 11.8 Å². The van der Waals surface area contributed by atoms with E-state index in [2.05, 4.69) is 19.2 Å². The van der Waals surface area contributed by atoms with Crippen molar-refractivity contribution in [1.29, 1.82) is 0 Å². The fourth-order valence-corrected chi connectivity index (χ4v) is 4.07. The van der Waals surface area contributed by atoms with Gasteiger partial charge in [0.05, 0.1) is 24.3 Å². The second kappa shape index (κ2) is 14.4. The second-order valence-electron chi connectivity index (χ2n) is 9.72. The number of rotatable bonds is 15. The van der Waals surface area contributed by atoms with Crippen LogP contribution >= 0.6 is 0 Å². The third kappa shape index (κ3) is 10.2. The Morgan fingerprint density at radius 3 is 2.16 bits per heavy atom. The minimum atomic E-state index is -0.792. The van der Waals surface area contributed by atoms with Gasteiger partial charge in [-0.1, -0.05) is 51.1 Å². The highest BCUT2D eigenvalue weighted by molar-refractivity contribution is 5.91. The van der Waals surface area contributed by atoms with Gasteiger partial charge in [-0.2, -0.15) is 0 Å². The third-order valence-corrected chi connectivity index (χ3v) is 5.99. The third-order valence-electron chi connectivity index (χ3n) is 5.99. The lowest BCUT2D eigenvalue weighted by molar-refractivity contribution is -0.141. The quantitative estimate of drug-likeness (QED) is 0.383. The number of nitrogens with zero attached hydrogens (tertiary/aromatic N) is 1. The Hall–Kier alpha value is -1.76. The van der Waals surface area contributed by atoms with Crippen LogP contribution in [0.3, 0.4) is 0 Å². The minimum absolute atomic E-state index is 0.00864. The number of Topliss-reactive ketones (excluding diaryl/α,β-unsaturated/α-hetero) is 1. The average Bonchev–Trinajstić information content (AvgIpc) is 2.73.